The van der Waals surface area contributed by atoms with Crippen molar-refractivity contribution in [3.05, 3.63) is 45.9 Å². The molecular weight excluding hydrogens is 285 g/mol. The summed E-state index contributed by atoms with van der Waals surface area (Å²) >= 11 is 1.19. The summed E-state index contributed by atoms with van der Waals surface area (Å²) in [6.45, 7) is 0. The van der Waals surface area contributed by atoms with Gasteiger partial charge in [-0.05, 0) is 29.6 Å². The molecule has 1 amide bonds. The summed E-state index contributed by atoms with van der Waals surface area (Å²) < 4.78 is 18.3. The maximum atomic E-state index is 13.2. The van der Waals surface area contributed by atoms with Crippen LogP contribution in [0, 0.1) is 5.82 Å². The SMILES string of the molecule is COc1ccsc1C(=O)Nc1ccc(F)c(C(=O)O)c1. The molecule has 2 aromatic rings. The fourth-order valence-electron chi connectivity index (χ4n) is 1.58. The largest absolute Gasteiger partial charge is 0.495 e. The van der Waals surface area contributed by atoms with Crippen LogP contribution in [-0.2, 0) is 0 Å². The molecule has 0 aliphatic carbocycles. The number of carboxylic acid groups (broad SMARTS) is 1. The lowest BCUT2D eigenvalue weighted by molar-refractivity contribution is 0.0691. The zero-order valence-electron chi connectivity index (χ0n) is 10.3. The van der Waals surface area contributed by atoms with Crippen LogP contribution in [0.15, 0.2) is 29.6 Å². The minimum absolute atomic E-state index is 0.198. The first-order chi connectivity index (χ1) is 9.52. The Bertz CT molecular complexity index is 668. The molecule has 7 heteroatoms. The van der Waals surface area contributed by atoms with E-state index in [9.17, 15) is 14.0 Å². The van der Waals surface area contributed by atoms with E-state index < -0.39 is 23.3 Å². The Morgan fingerprint density at radius 1 is 1.35 bits per heavy atom. The molecule has 0 aliphatic heterocycles. The van der Waals surface area contributed by atoms with Gasteiger partial charge in [-0.15, -0.1) is 11.3 Å². The van der Waals surface area contributed by atoms with Gasteiger partial charge in [0.15, 0.2) is 0 Å². The number of hydrogen-bond donors (Lipinski definition) is 2. The molecule has 1 heterocycles. The van der Waals surface area contributed by atoms with Gasteiger partial charge in [0.2, 0.25) is 0 Å². The first-order valence-corrected chi connectivity index (χ1v) is 6.36. The second kappa shape index (κ2) is 5.70. The third-order valence-electron chi connectivity index (χ3n) is 2.51. The van der Waals surface area contributed by atoms with Crippen LogP contribution in [-0.4, -0.2) is 24.1 Å². The summed E-state index contributed by atoms with van der Waals surface area (Å²) in [5.74, 6) is -2.27. The van der Waals surface area contributed by atoms with Crippen LogP contribution in [0.2, 0.25) is 0 Å². The number of halogens is 1. The smallest absolute Gasteiger partial charge is 0.338 e. The monoisotopic (exact) mass is 295 g/mol. The van der Waals surface area contributed by atoms with E-state index in [4.69, 9.17) is 9.84 Å². The van der Waals surface area contributed by atoms with Crippen LogP contribution in [0.25, 0.3) is 0 Å². The predicted octanol–water partition coefficient (Wildman–Crippen LogP) is 2.85. The van der Waals surface area contributed by atoms with Gasteiger partial charge in [-0.1, -0.05) is 0 Å². The van der Waals surface area contributed by atoms with Gasteiger partial charge in [-0.3, -0.25) is 4.79 Å². The molecule has 0 saturated heterocycles. The number of nitrogens with one attached hydrogen (secondary N) is 1. The Labute approximate surface area is 117 Å². The van der Waals surface area contributed by atoms with Crippen molar-refractivity contribution in [2.75, 3.05) is 12.4 Å². The van der Waals surface area contributed by atoms with Crippen LogP contribution in [0.3, 0.4) is 0 Å². The molecular formula is C13H10FNO4S. The van der Waals surface area contributed by atoms with Gasteiger partial charge in [-0.2, -0.15) is 0 Å². The van der Waals surface area contributed by atoms with Crippen molar-refractivity contribution in [3.8, 4) is 5.75 Å². The van der Waals surface area contributed by atoms with E-state index in [1.165, 1.54) is 24.5 Å². The normalized spacial score (nSPS) is 10.1. The van der Waals surface area contributed by atoms with E-state index in [0.717, 1.165) is 12.1 Å². The average molecular weight is 295 g/mol. The number of carbonyl (C=O) groups is 2. The van der Waals surface area contributed by atoms with Crippen LogP contribution < -0.4 is 10.1 Å². The number of thiophene rings is 1. The number of amides is 1. The predicted molar refractivity (Wildman–Crippen MR) is 72.2 cm³/mol. The fraction of sp³-hybridized carbons (Fsp3) is 0.0769. The van der Waals surface area contributed by atoms with Gasteiger partial charge in [0.05, 0.1) is 12.7 Å². The quantitative estimate of drug-likeness (QED) is 0.909. The Hall–Kier alpha value is -2.41. The van der Waals surface area contributed by atoms with Crippen LogP contribution in [0.4, 0.5) is 10.1 Å². The van der Waals surface area contributed by atoms with Crippen molar-refractivity contribution in [1.82, 2.24) is 0 Å². The third kappa shape index (κ3) is 2.77. The number of anilines is 1. The second-order valence-electron chi connectivity index (χ2n) is 3.77. The maximum Gasteiger partial charge on any atom is 0.338 e. The molecule has 0 saturated carbocycles. The van der Waals surface area contributed by atoms with Crippen LogP contribution in [0.1, 0.15) is 20.0 Å². The summed E-state index contributed by atoms with van der Waals surface area (Å²) in [7, 11) is 1.44. The number of aromatic carboxylic acids is 1. The molecule has 2 rings (SSSR count). The molecule has 0 aliphatic rings. The second-order valence-corrected chi connectivity index (χ2v) is 4.69. The van der Waals surface area contributed by atoms with Gasteiger partial charge in [-0.25, -0.2) is 9.18 Å². The van der Waals surface area contributed by atoms with E-state index in [0.29, 0.717) is 10.6 Å². The molecule has 0 atom stereocenters. The first kappa shape index (κ1) is 14.0. The highest BCUT2D eigenvalue weighted by atomic mass is 32.1. The lowest BCUT2D eigenvalue weighted by atomic mass is 10.2. The van der Waals surface area contributed by atoms with Crippen LogP contribution >= 0.6 is 11.3 Å². The van der Waals surface area contributed by atoms with Gasteiger partial charge < -0.3 is 15.2 Å². The number of ether oxygens (including phenoxy) is 1. The molecule has 5 nitrogen and oxygen atoms in total. The van der Waals surface area contributed by atoms with Gasteiger partial charge in [0.25, 0.3) is 5.91 Å². The minimum atomic E-state index is -1.40. The van der Waals surface area contributed by atoms with E-state index in [2.05, 4.69) is 5.32 Å². The third-order valence-corrected chi connectivity index (χ3v) is 3.40. The van der Waals surface area contributed by atoms with Gasteiger partial charge in [0, 0.05) is 5.69 Å². The Morgan fingerprint density at radius 3 is 2.75 bits per heavy atom. The average Bonchev–Trinajstić information content (AvgIpc) is 2.89. The van der Waals surface area contributed by atoms with Crippen LogP contribution in [0.5, 0.6) is 5.75 Å². The van der Waals surface area contributed by atoms with Crippen molar-refractivity contribution in [2.45, 2.75) is 0 Å². The molecule has 0 spiro atoms. The summed E-state index contributed by atoms with van der Waals surface area (Å²) in [6.07, 6.45) is 0. The number of carboxylic acids is 1. The Balaban J connectivity index is 2.24. The minimum Gasteiger partial charge on any atom is -0.495 e. The summed E-state index contributed by atoms with van der Waals surface area (Å²) in [5, 5.41) is 13.0. The maximum absolute atomic E-state index is 13.2. The highest BCUT2D eigenvalue weighted by Crippen LogP contribution is 2.25. The number of rotatable bonds is 4. The zero-order valence-corrected chi connectivity index (χ0v) is 11.2. The highest BCUT2D eigenvalue weighted by molar-refractivity contribution is 7.12. The number of methoxy groups -OCH3 is 1. The molecule has 104 valence electrons. The van der Waals surface area contributed by atoms with Crippen molar-refractivity contribution in [1.29, 1.82) is 0 Å². The molecule has 0 bridgehead atoms. The lowest BCUT2D eigenvalue weighted by Crippen LogP contribution is -2.12. The molecule has 20 heavy (non-hydrogen) atoms. The number of hydrogen-bond acceptors (Lipinski definition) is 4. The van der Waals surface area contributed by atoms with Gasteiger partial charge in [0.1, 0.15) is 16.4 Å². The molecule has 1 aromatic heterocycles. The Morgan fingerprint density at radius 2 is 2.10 bits per heavy atom. The topological polar surface area (TPSA) is 75.6 Å². The fourth-order valence-corrected chi connectivity index (χ4v) is 2.33. The van der Waals surface area contributed by atoms with E-state index >= 15 is 0 Å². The number of carbonyl (C=O) groups excluding carboxylic acids is 1. The molecule has 0 fully saturated rings. The van der Waals surface area contributed by atoms with Gasteiger partial charge >= 0.3 is 5.97 Å². The standard InChI is InChI=1S/C13H10FNO4S/c1-19-10-4-5-20-11(10)12(16)15-7-2-3-9(14)8(6-7)13(17)18/h2-6H,1H3,(H,15,16)(H,17,18). The van der Waals surface area contributed by atoms with E-state index in [1.54, 1.807) is 11.4 Å². The van der Waals surface area contributed by atoms with E-state index in [-0.39, 0.29) is 5.69 Å². The van der Waals surface area contributed by atoms with Crippen molar-refractivity contribution < 1.29 is 23.8 Å². The molecule has 2 N–H and O–H groups in total. The molecule has 1 aromatic carbocycles. The highest BCUT2D eigenvalue weighted by Gasteiger charge is 2.16. The number of benzene rings is 1. The summed E-state index contributed by atoms with van der Waals surface area (Å²) in [6, 6.07) is 4.99. The zero-order chi connectivity index (χ0) is 14.7. The molecule has 0 unspecified atom stereocenters. The van der Waals surface area contributed by atoms with Crippen molar-refractivity contribution >= 4 is 28.9 Å². The van der Waals surface area contributed by atoms with Crippen molar-refractivity contribution in [3.63, 3.8) is 0 Å². The van der Waals surface area contributed by atoms with Crippen molar-refractivity contribution in [2.24, 2.45) is 0 Å². The first-order valence-electron chi connectivity index (χ1n) is 5.48. The Kier molecular flexibility index (Phi) is 3.99. The summed E-state index contributed by atoms with van der Waals surface area (Å²) in [5.41, 5.74) is -0.301. The lowest BCUT2D eigenvalue weighted by Gasteiger charge is -2.07. The van der Waals surface area contributed by atoms with E-state index in [1.807, 2.05) is 0 Å². The molecule has 0 radical (unpaired) electrons. The summed E-state index contributed by atoms with van der Waals surface area (Å²) in [4.78, 5) is 23.2.